The third-order valence-corrected chi connectivity index (χ3v) is 4.48. The van der Waals surface area contributed by atoms with Gasteiger partial charge in [-0.15, -0.1) is 11.8 Å². The minimum Gasteiger partial charge on any atom is -0.126 e. The Kier molecular flexibility index (Phi) is 3.94. The molecule has 0 aromatic heterocycles. The number of rotatable bonds is 3. The van der Waals surface area contributed by atoms with E-state index >= 15 is 0 Å². The average molecular weight is 271 g/mol. The van der Waals surface area contributed by atoms with Crippen molar-refractivity contribution in [1.82, 2.24) is 0 Å². The number of thioether (sulfide) groups is 1. The summed E-state index contributed by atoms with van der Waals surface area (Å²) in [7, 11) is 0. The summed E-state index contributed by atoms with van der Waals surface area (Å²) in [6, 6.07) is 8.60. The Morgan fingerprint density at radius 1 is 1.29 bits per heavy atom. The fraction of sp³-hybridized carbons (Fsp3) is 0.500. The van der Waals surface area contributed by atoms with Crippen LogP contribution in [0.3, 0.4) is 0 Å². The van der Waals surface area contributed by atoms with Crippen LogP contribution in [0.2, 0.25) is 0 Å². The van der Waals surface area contributed by atoms with Gasteiger partial charge in [-0.25, -0.2) is 0 Å². The third kappa shape index (κ3) is 3.03. The lowest BCUT2D eigenvalue weighted by molar-refractivity contribution is 0.623. The summed E-state index contributed by atoms with van der Waals surface area (Å²) in [5.41, 5.74) is 0. The minimum atomic E-state index is 0.971. The van der Waals surface area contributed by atoms with Crippen LogP contribution < -0.4 is 0 Å². The van der Waals surface area contributed by atoms with Gasteiger partial charge in [0.25, 0.3) is 0 Å². The van der Waals surface area contributed by atoms with Crippen LogP contribution in [0.4, 0.5) is 0 Å². The predicted octanol–water partition coefficient (Wildman–Crippen LogP) is 4.73. The first-order valence-electron chi connectivity index (χ1n) is 5.23. The Bertz CT molecular complexity index is 292. The summed E-state index contributed by atoms with van der Waals surface area (Å²) in [4.78, 5) is 1.39. The highest BCUT2D eigenvalue weighted by Gasteiger charge is 2.14. The van der Waals surface area contributed by atoms with Gasteiger partial charge in [0, 0.05) is 15.1 Å². The van der Waals surface area contributed by atoms with Gasteiger partial charge in [-0.1, -0.05) is 34.8 Å². The van der Waals surface area contributed by atoms with Gasteiger partial charge in [0.2, 0.25) is 0 Å². The zero-order valence-electron chi connectivity index (χ0n) is 8.21. The molecular weight excluding hydrogens is 256 g/mol. The van der Waals surface area contributed by atoms with E-state index in [0.717, 1.165) is 5.92 Å². The standard InChI is InChI=1S/C12H15BrS/c13-11-6-3-7-12(8-11)14-9-10-4-1-2-5-10/h3,6-8,10H,1-2,4-5,9H2. The van der Waals surface area contributed by atoms with Crippen LogP contribution in [0.15, 0.2) is 33.6 Å². The van der Waals surface area contributed by atoms with Gasteiger partial charge in [-0.3, -0.25) is 0 Å². The largest absolute Gasteiger partial charge is 0.126 e. The summed E-state index contributed by atoms with van der Waals surface area (Å²) in [6.07, 6.45) is 5.79. The van der Waals surface area contributed by atoms with Gasteiger partial charge in [0.15, 0.2) is 0 Å². The van der Waals surface area contributed by atoms with Crippen molar-refractivity contribution in [3.8, 4) is 0 Å². The molecule has 0 spiro atoms. The molecule has 1 aromatic carbocycles. The molecule has 1 aliphatic rings. The predicted molar refractivity (Wildman–Crippen MR) is 66.8 cm³/mol. The number of hydrogen-bond donors (Lipinski definition) is 0. The summed E-state index contributed by atoms with van der Waals surface area (Å²) in [6.45, 7) is 0. The molecule has 14 heavy (non-hydrogen) atoms. The maximum absolute atomic E-state index is 3.50. The average Bonchev–Trinajstić information content (AvgIpc) is 2.67. The Morgan fingerprint density at radius 3 is 2.79 bits per heavy atom. The van der Waals surface area contributed by atoms with Gasteiger partial charge in [-0.05, 0) is 37.0 Å². The lowest BCUT2D eigenvalue weighted by Gasteiger charge is -2.07. The molecule has 0 heterocycles. The molecule has 0 saturated heterocycles. The molecule has 1 aromatic rings. The van der Waals surface area contributed by atoms with Gasteiger partial charge in [-0.2, -0.15) is 0 Å². The second-order valence-electron chi connectivity index (χ2n) is 3.92. The molecule has 0 amide bonds. The lowest BCUT2D eigenvalue weighted by Crippen LogP contribution is -1.95. The molecule has 0 bridgehead atoms. The molecule has 0 N–H and O–H groups in total. The quantitative estimate of drug-likeness (QED) is 0.716. The molecule has 1 aliphatic carbocycles. The van der Waals surface area contributed by atoms with Gasteiger partial charge >= 0.3 is 0 Å². The molecule has 0 aliphatic heterocycles. The smallest absolute Gasteiger partial charge is 0.0186 e. The van der Waals surface area contributed by atoms with E-state index < -0.39 is 0 Å². The monoisotopic (exact) mass is 270 g/mol. The van der Waals surface area contributed by atoms with E-state index in [1.165, 1.54) is 40.8 Å². The van der Waals surface area contributed by atoms with Crippen molar-refractivity contribution < 1.29 is 0 Å². The van der Waals surface area contributed by atoms with E-state index in [1.807, 2.05) is 11.8 Å². The third-order valence-electron chi connectivity index (χ3n) is 2.76. The van der Waals surface area contributed by atoms with Crippen LogP contribution in [0.5, 0.6) is 0 Å². The minimum absolute atomic E-state index is 0.971. The number of benzene rings is 1. The Balaban J connectivity index is 1.85. The first kappa shape index (κ1) is 10.6. The van der Waals surface area contributed by atoms with Crippen LogP contribution in [-0.4, -0.2) is 5.75 Å². The second-order valence-corrected chi connectivity index (χ2v) is 5.93. The molecule has 0 unspecified atom stereocenters. The van der Waals surface area contributed by atoms with Crippen molar-refractivity contribution in [3.05, 3.63) is 28.7 Å². The summed E-state index contributed by atoms with van der Waals surface area (Å²) in [5.74, 6) is 2.27. The topological polar surface area (TPSA) is 0 Å². The molecular formula is C12H15BrS. The SMILES string of the molecule is Brc1cccc(SCC2CCCC2)c1. The Labute approximate surface area is 98.6 Å². The first-order valence-corrected chi connectivity index (χ1v) is 7.01. The van der Waals surface area contributed by atoms with E-state index in [-0.39, 0.29) is 0 Å². The summed E-state index contributed by atoms with van der Waals surface area (Å²) < 4.78 is 1.19. The lowest BCUT2D eigenvalue weighted by atomic mass is 10.1. The Hall–Kier alpha value is 0.0500. The zero-order valence-corrected chi connectivity index (χ0v) is 10.6. The fourth-order valence-electron chi connectivity index (χ4n) is 1.95. The molecule has 2 heteroatoms. The first-order chi connectivity index (χ1) is 6.84. The summed E-state index contributed by atoms with van der Waals surface area (Å²) in [5, 5.41) is 0. The van der Waals surface area contributed by atoms with Crippen molar-refractivity contribution in [2.45, 2.75) is 30.6 Å². The molecule has 0 nitrogen and oxygen atoms in total. The summed E-state index contributed by atoms with van der Waals surface area (Å²) >= 11 is 5.50. The van der Waals surface area contributed by atoms with Crippen LogP contribution in [0.1, 0.15) is 25.7 Å². The maximum Gasteiger partial charge on any atom is 0.0186 e. The maximum atomic E-state index is 3.50. The molecule has 1 saturated carbocycles. The van der Waals surface area contributed by atoms with E-state index in [4.69, 9.17) is 0 Å². The van der Waals surface area contributed by atoms with E-state index in [1.54, 1.807) is 0 Å². The van der Waals surface area contributed by atoms with E-state index in [2.05, 4.69) is 40.2 Å². The van der Waals surface area contributed by atoms with Crippen molar-refractivity contribution >= 4 is 27.7 Å². The fourth-order valence-corrected chi connectivity index (χ4v) is 3.65. The van der Waals surface area contributed by atoms with E-state index in [0.29, 0.717) is 0 Å². The van der Waals surface area contributed by atoms with Crippen LogP contribution in [0.25, 0.3) is 0 Å². The van der Waals surface area contributed by atoms with Crippen molar-refractivity contribution in [2.24, 2.45) is 5.92 Å². The van der Waals surface area contributed by atoms with Gasteiger partial charge < -0.3 is 0 Å². The van der Waals surface area contributed by atoms with Crippen molar-refractivity contribution in [3.63, 3.8) is 0 Å². The van der Waals surface area contributed by atoms with Crippen molar-refractivity contribution in [2.75, 3.05) is 5.75 Å². The van der Waals surface area contributed by atoms with Crippen LogP contribution in [-0.2, 0) is 0 Å². The second kappa shape index (κ2) is 5.22. The molecule has 0 radical (unpaired) electrons. The zero-order chi connectivity index (χ0) is 9.80. The number of halogens is 1. The van der Waals surface area contributed by atoms with Gasteiger partial charge in [0.05, 0.1) is 0 Å². The van der Waals surface area contributed by atoms with Crippen molar-refractivity contribution in [1.29, 1.82) is 0 Å². The van der Waals surface area contributed by atoms with Crippen LogP contribution >= 0.6 is 27.7 Å². The van der Waals surface area contributed by atoms with Gasteiger partial charge in [0.1, 0.15) is 0 Å². The molecule has 1 fully saturated rings. The highest BCUT2D eigenvalue weighted by atomic mass is 79.9. The highest BCUT2D eigenvalue weighted by molar-refractivity contribution is 9.10. The Morgan fingerprint density at radius 2 is 2.07 bits per heavy atom. The molecule has 2 rings (SSSR count). The van der Waals surface area contributed by atoms with E-state index in [9.17, 15) is 0 Å². The molecule has 76 valence electrons. The molecule has 0 atom stereocenters. The highest BCUT2D eigenvalue weighted by Crippen LogP contribution is 2.31. The normalized spacial score (nSPS) is 17.5. The van der Waals surface area contributed by atoms with Crippen LogP contribution in [0, 0.1) is 5.92 Å². The number of hydrogen-bond acceptors (Lipinski definition) is 1.